The maximum atomic E-state index is 14.4. The molecule has 10 heteroatoms. The molecule has 5 aliphatic rings. The van der Waals surface area contributed by atoms with Crippen LogP contribution in [0.2, 0.25) is 0 Å². The molecule has 5 fully saturated rings. The maximum Gasteiger partial charge on any atom is 0.282 e. The second-order valence-electron chi connectivity index (χ2n) is 16.1. The number of hydrogen-bond acceptors (Lipinski definition) is 8. The fraction of sp³-hybridized carbons (Fsp3) is 0.694. The number of likely N-dealkylation sites (tertiary alicyclic amines) is 1. The van der Waals surface area contributed by atoms with Gasteiger partial charge in [-0.3, -0.25) is 9.59 Å². The molecule has 3 aliphatic carbocycles. The Morgan fingerprint density at radius 1 is 1.07 bits per heavy atom. The Balaban J connectivity index is 0.945. The highest BCUT2D eigenvalue weighted by Crippen LogP contribution is 2.55. The van der Waals surface area contributed by atoms with E-state index < -0.39 is 5.82 Å². The van der Waals surface area contributed by atoms with E-state index in [1.165, 1.54) is 56.8 Å². The number of aromatic nitrogens is 3. The molecule has 0 N–H and O–H groups in total. The average molecular weight is 633 g/mol. The van der Waals surface area contributed by atoms with E-state index in [2.05, 4.69) is 38.8 Å². The number of carbonyl (C=O) groups is 2. The zero-order valence-corrected chi connectivity index (χ0v) is 27.9. The number of anilines is 1. The van der Waals surface area contributed by atoms with Crippen LogP contribution >= 0.6 is 0 Å². The van der Waals surface area contributed by atoms with Crippen molar-refractivity contribution >= 4 is 17.5 Å². The zero-order chi connectivity index (χ0) is 32.3. The molecular formula is C36H49FN6O3. The van der Waals surface area contributed by atoms with E-state index in [4.69, 9.17) is 4.74 Å². The summed E-state index contributed by atoms with van der Waals surface area (Å²) < 4.78 is 20.6. The molecule has 1 amide bonds. The standard InChI is InChI=1S/C36H49FN6O3/c1-24(2)43(27-6-7-27)33(45)28-17-26(37)5-8-29(28)46-32-31(38-23-39-40-32)42-21-36(22-42)13-15-41(16-14-36)19-25-9-11-35(12-10-25)18-30(44)34(3,4)20-35/h5,8,17,23-25,27H,6-7,9-16,18-22H2,1-4H3. The van der Waals surface area contributed by atoms with Crippen molar-refractivity contribution in [3.05, 3.63) is 35.9 Å². The molecule has 0 unspecified atom stereocenters. The number of nitrogens with zero attached hydrogens (tertiary/aromatic N) is 6. The lowest BCUT2D eigenvalue weighted by Gasteiger charge is -2.54. The lowest BCUT2D eigenvalue weighted by molar-refractivity contribution is -0.124. The van der Waals surface area contributed by atoms with Gasteiger partial charge < -0.3 is 19.4 Å². The van der Waals surface area contributed by atoms with Crippen molar-refractivity contribution in [1.82, 2.24) is 25.0 Å². The zero-order valence-electron chi connectivity index (χ0n) is 27.9. The van der Waals surface area contributed by atoms with Gasteiger partial charge in [0.25, 0.3) is 11.8 Å². The lowest BCUT2D eigenvalue weighted by Crippen LogP contribution is -2.61. The molecule has 3 heterocycles. The van der Waals surface area contributed by atoms with E-state index in [-0.39, 0.29) is 51.4 Å². The van der Waals surface area contributed by atoms with Crippen molar-refractivity contribution in [2.24, 2.45) is 22.2 Å². The van der Waals surface area contributed by atoms with Crippen LogP contribution in [0, 0.1) is 28.0 Å². The smallest absolute Gasteiger partial charge is 0.282 e. The van der Waals surface area contributed by atoms with Crippen molar-refractivity contribution in [2.75, 3.05) is 37.6 Å². The molecule has 2 saturated heterocycles. The lowest BCUT2D eigenvalue weighted by atomic mass is 9.67. The topological polar surface area (TPSA) is 91.8 Å². The molecule has 46 heavy (non-hydrogen) atoms. The van der Waals surface area contributed by atoms with Crippen LogP contribution < -0.4 is 9.64 Å². The van der Waals surface area contributed by atoms with Gasteiger partial charge in [-0.1, -0.05) is 13.8 Å². The van der Waals surface area contributed by atoms with E-state index in [9.17, 15) is 14.0 Å². The van der Waals surface area contributed by atoms with Crippen molar-refractivity contribution in [3.8, 4) is 11.6 Å². The van der Waals surface area contributed by atoms with Crippen LogP contribution in [-0.2, 0) is 4.79 Å². The van der Waals surface area contributed by atoms with Crippen LogP contribution in [0.5, 0.6) is 11.6 Å². The molecular weight excluding hydrogens is 583 g/mol. The van der Waals surface area contributed by atoms with Gasteiger partial charge in [-0.2, -0.15) is 0 Å². The predicted octanol–water partition coefficient (Wildman–Crippen LogP) is 6.28. The van der Waals surface area contributed by atoms with Gasteiger partial charge >= 0.3 is 0 Å². The summed E-state index contributed by atoms with van der Waals surface area (Å²) in [6.45, 7) is 13.4. The van der Waals surface area contributed by atoms with Crippen LogP contribution in [0.15, 0.2) is 24.5 Å². The summed E-state index contributed by atoms with van der Waals surface area (Å²) in [5.41, 5.74) is 0.589. The number of ether oxygens (including phenoxy) is 1. The first-order valence-corrected chi connectivity index (χ1v) is 17.4. The van der Waals surface area contributed by atoms with Gasteiger partial charge in [0.15, 0.2) is 5.82 Å². The average Bonchev–Trinajstić information content (AvgIpc) is 3.80. The van der Waals surface area contributed by atoms with Gasteiger partial charge in [0, 0.05) is 49.0 Å². The van der Waals surface area contributed by atoms with E-state index >= 15 is 0 Å². The third-order valence-corrected chi connectivity index (χ3v) is 11.7. The summed E-state index contributed by atoms with van der Waals surface area (Å²) in [6, 6.07) is 4.25. The summed E-state index contributed by atoms with van der Waals surface area (Å²) in [5, 5.41) is 8.23. The van der Waals surface area contributed by atoms with Crippen LogP contribution in [0.4, 0.5) is 10.2 Å². The van der Waals surface area contributed by atoms with Gasteiger partial charge in [0.1, 0.15) is 23.7 Å². The first-order valence-electron chi connectivity index (χ1n) is 17.4. The van der Waals surface area contributed by atoms with Crippen LogP contribution in [-0.4, -0.2) is 81.5 Å². The molecule has 0 atom stereocenters. The van der Waals surface area contributed by atoms with Crippen LogP contribution in [0.3, 0.4) is 0 Å². The monoisotopic (exact) mass is 632 g/mol. The molecule has 0 bridgehead atoms. The van der Waals surface area contributed by atoms with Gasteiger partial charge in [0.05, 0.1) is 5.56 Å². The Bertz CT molecular complexity index is 1470. The number of benzene rings is 1. The highest BCUT2D eigenvalue weighted by atomic mass is 19.1. The Kier molecular flexibility index (Phi) is 8.09. The second kappa shape index (κ2) is 11.8. The van der Waals surface area contributed by atoms with Gasteiger partial charge in [-0.15, -0.1) is 10.2 Å². The number of hydrogen-bond donors (Lipinski definition) is 0. The molecule has 0 radical (unpaired) electrons. The minimum atomic E-state index is -0.481. The molecule has 248 valence electrons. The summed E-state index contributed by atoms with van der Waals surface area (Å²) in [6.07, 6.45) is 12.4. The Labute approximate surface area is 272 Å². The Hall–Kier alpha value is -3.14. The van der Waals surface area contributed by atoms with Gasteiger partial charge in [-0.05, 0) is 114 Å². The SMILES string of the molecule is CC(C)N(C(=O)c1cc(F)ccc1Oc1nncnc1N1CC2(CCN(CC3CCC4(CC3)CC(=O)C(C)(C)C4)CC2)C1)C1CC1. The third-order valence-electron chi connectivity index (χ3n) is 11.7. The number of rotatable bonds is 8. The summed E-state index contributed by atoms with van der Waals surface area (Å²) in [7, 11) is 0. The van der Waals surface area contributed by atoms with Crippen molar-refractivity contribution in [1.29, 1.82) is 0 Å². The maximum absolute atomic E-state index is 14.4. The minimum absolute atomic E-state index is 0.000150. The number of piperidine rings is 1. The van der Waals surface area contributed by atoms with Gasteiger partial charge in [-0.25, -0.2) is 9.37 Å². The normalized spacial score (nSPS) is 27.3. The number of halogens is 1. The second-order valence-corrected chi connectivity index (χ2v) is 16.1. The van der Waals surface area contributed by atoms with Crippen molar-refractivity contribution in [2.45, 2.75) is 104 Å². The summed E-state index contributed by atoms with van der Waals surface area (Å²) in [4.78, 5) is 37.3. The summed E-state index contributed by atoms with van der Waals surface area (Å²) in [5.74, 6) is 1.61. The van der Waals surface area contributed by atoms with E-state index in [1.807, 2.05) is 18.7 Å². The molecule has 1 aromatic carbocycles. The molecule has 7 rings (SSSR count). The first-order chi connectivity index (χ1) is 21.9. The molecule has 3 saturated carbocycles. The molecule has 9 nitrogen and oxygen atoms in total. The number of Topliss-reactive ketones (excluding diaryl/α,β-unsaturated/α-hetero) is 1. The van der Waals surface area contributed by atoms with E-state index in [0.29, 0.717) is 11.6 Å². The highest BCUT2D eigenvalue weighted by molar-refractivity contribution is 5.97. The quantitative estimate of drug-likeness (QED) is 0.336. The number of ketones is 1. The molecule has 2 spiro atoms. The fourth-order valence-electron chi connectivity index (χ4n) is 9.03. The van der Waals surface area contributed by atoms with Crippen LogP contribution in [0.1, 0.15) is 102 Å². The number of carbonyl (C=O) groups excluding carboxylic acids is 2. The third kappa shape index (κ3) is 6.14. The first kappa shape index (κ1) is 31.5. The molecule has 2 aromatic rings. The highest BCUT2D eigenvalue weighted by Gasteiger charge is 2.51. The van der Waals surface area contributed by atoms with E-state index in [1.54, 1.807) is 0 Å². The van der Waals surface area contributed by atoms with Gasteiger partial charge in [0.2, 0.25) is 0 Å². The van der Waals surface area contributed by atoms with Crippen molar-refractivity contribution in [3.63, 3.8) is 0 Å². The predicted molar refractivity (Wildman–Crippen MR) is 173 cm³/mol. The molecule has 2 aliphatic heterocycles. The number of amides is 1. The minimum Gasteiger partial charge on any atom is -0.434 e. The summed E-state index contributed by atoms with van der Waals surface area (Å²) >= 11 is 0. The molecule has 1 aromatic heterocycles. The van der Waals surface area contributed by atoms with Crippen molar-refractivity contribution < 1.29 is 18.7 Å². The van der Waals surface area contributed by atoms with Crippen LogP contribution in [0.25, 0.3) is 0 Å². The largest absolute Gasteiger partial charge is 0.434 e. The Morgan fingerprint density at radius 3 is 2.41 bits per heavy atom. The fourth-order valence-corrected chi connectivity index (χ4v) is 9.03. The Morgan fingerprint density at radius 2 is 1.78 bits per heavy atom. The van der Waals surface area contributed by atoms with E-state index in [0.717, 1.165) is 70.6 Å².